The van der Waals surface area contributed by atoms with Crippen LogP contribution in [0.25, 0.3) is 0 Å². The maximum atomic E-state index is 11.0. The fraction of sp³-hybridized carbons (Fsp3) is 0.700. The van der Waals surface area contributed by atoms with Crippen LogP contribution in [0.1, 0.15) is 20.8 Å². The van der Waals surface area contributed by atoms with E-state index in [1.165, 1.54) is 0 Å². The summed E-state index contributed by atoms with van der Waals surface area (Å²) in [4.78, 5) is 11.0. The molecule has 1 aliphatic heterocycles. The Morgan fingerprint density at radius 1 is 1.64 bits per heavy atom. The zero-order chi connectivity index (χ0) is 10.8. The molecule has 1 saturated heterocycles. The maximum absolute atomic E-state index is 11.0. The molecule has 80 valence electrons. The third kappa shape index (κ3) is 3.12. The number of carbonyl (C=O) groups excluding carboxylic acids is 1. The van der Waals surface area contributed by atoms with Crippen molar-refractivity contribution in [2.45, 2.75) is 32.7 Å². The van der Waals surface area contributed by atoms with Gasteiger partial charge in [-0.3, -0.25) is 0 Å². The second-order valence-corrected chi connectivity index (χ2v) is 3.83. The van der Waals surface area contributed by atoms with Gasteiger partial charge in [0, 0.05) is 5.57 Å². The molecule has 0 aliphatic carbocycles. The third-order valence-corrected chi connectivity index (χ3v) is 1.82. The lowest BCUT2D eigenvalue weighted by molar-refractivity contribution is -0.155. The molecule has 0 amide bonds. The van der Waals surface area contributed by atoms with E-state index in [0.717, 1.165) is 0 Å². The van der Waals surface area contributed by atoms with Gasteiger partial charge in [-0.1, -0.05) is 6.58 Å². The average molecular weight is 200 g/mol. The van der Waals surface area contributed by atoms with E-state index in [2.05, 4.69) is 6.58 Å². The lowest BCUT2D eigenvalue weighted by atomic mass is 10.3. The highest BCUT2D eigenvalue weighted by molar-refractivity contribution is 5.86. The normalized spacial score (nSPS) is 24.6. The molecule has 1 heterocycles. The van der Waals surface area contributed by atoms with Crippen LogP contribution in [0.15, 0.2) is 12.2 Å². The Morgan fingerprint density at radius 3 is 2.71 bits per heavy atom. The van der Waals surface area contributed by atoms with Gasteiger partial charge in [0.25, 0.3) is 0 Å². The van der Waals surface area contributed by atoms with Crippen LogP contribution in [0.4, 0.5) is 0 Å². The van der Waals surface area contributed by atoms with Gasteiger partial charge in [0.2, 0.25) is 0 Å². The highest BCUT2D eigenvalue weighted by atomic mass is 16.7. The molecule has 0 spiro atoms. The molecule has 14 heavy (non-hydrogen) atoms. The summed E-state index contributed by atoms with van der Waals surface area (Å²) < 4.78 is 15.7. The van der Waals surface area contributed by atoms with Gasteiger partial charge >= 0.3 is 5.97 Å². The summed E-state index contributed by atoms with van der Waals surface area (Å²) in [5.74, 6) is -0.960. The predicted molar refractivity (Wildman–Crippen MR) is 50.7 cm³/mol. The second-order valence-electron chi connectivity index (χ2n) is 3.83. The van der Waals surface area contributed by atoms with E-state index in [1.807, 2.05) is 13.8 Å². The predicted octanol–water partition coefficient (Wildman–Crippen LogP) is 1.26. The van der Waals surface area contributed by atoms with Crippen LogP contribution in [-0.2, 0) is 19.0 Å². The van der Waals surface area contributed by atoms with Crippen molar-refractivity contribution in [1.82, 2.24) is 0 Å². The average Bonchev–Trinajstić information content (AvgIpc) is 2.41. The first-order valence-corrected chi connectivity index (χ1v) is 4.55. The van der Waals surface area contributed by atoms with Crippen molar-refractivity contribution in [3.8, 4) is 0 Å². The van der Waals surface area contributed by atoms with Crippen molar-refractivity contribution in [2.24, 2.45) is 0 Å². The van der Waals surface area contributed by atoms with Crippen molar-refractivity contribution in [3.05, 3.63) is 12.2 Å². The molecule has 0 N–H and O–H groups in total. The minimum Gasteiger partial charge on any atom is -0.459 e. The van der Waals surface area contributed by atoms with E-state index in [0.29, 0.717) is 12.2 Å². The fourth-order valence-electron chi connectivity index (χ4n) is 1.14. The van der Waals surface area contributed by atoms with Gasteiger partial charge < -0.3 is 14.2 Å². The van der Waals surface area contributed by atoms with Crippen LogP contribution in [0.2, 0.25) is 0 Å². The number of hydrogen-bond acceptors (Lipinski definition) is 4. The van der Waals surface area contributed by atoms with Crippen molar-refractivity contribution in [1.29, 1.82) is 0 Å². The monoisotopic (exact) mass is 200 g/mol. The number of hydrogen-bond donors (Lipinski definition) is 0. The summed E-state index contributed by atoms with van der Waals surface area (Å²) in [5, 5.41) is 0. The number of rotatable bonds is 3. The van der Waals surface area contributed by atoms with E-state index in [9.17, 15) is 4.79 Å². The van der Waals surface area contributed by atoms with Crippen molar-refractivity contribution < 1.29 is 19.0 Å². The molecule has 0 bridgehead atoms. The van der Waals surface area contributed by atoms with Crippen LogP contribution in [0.3, 0.4) is 0 Å². The van der Waals surface area contributed by atoms with E-state index < -0.39 is 11.8 Å². The van der Waals surface area contributed by atoms with Gasteiger partial charge in [-0.15, -0.1) is 0 Å². The molecule has 4 nitrogen and oxygen atoms in total. The molecule has 1 aliphatic rings. The summed E-state index contributed by atoms with van der Waals surface area (Å²) in [5.41, 5.74) is 0.392. The Bertz CT molecular complexity index is 245. The largest absolute Gasteiger partial charge is 0.459 e. The van der Waals surface area contributed by atoms with Crippen LogP contribution in [0, 0.1) is 0 Å². The standard InChI is InChI=1S/C10H16O4/c1-7(2)9(11)12-5-8-6-13-10(3,4)14-8/h8H,1,5-6H2,2-4H3. The summed E-state index contributed by atoms with van der Waals surface area (Å²) in [7, 11) is 0. The van der Waals surface area contributed by atoms with Crippen LogP contribution >= 0.6 is 0 Å². The SMILES string of the molecule is C=C(C)C(=O)OCC1COC(C)(C)O1. The van der Waals surface area contributed by atoms with Crippen LogP contribution in [-0.4, -0.2) is 31.1 Å². The molecule has 0 saturated carbocycles. The van der Waals surface area contributed by atoms with E-state index >= 15 is 0 Å². The summed E-state index contributed by atoms with van der Waals surface area (Å²) in [6.45, 7) is 9.42. The Labute approximate surface area is 83.8 Å². The van der Waals surface area contributed by atoms with Crippen molar-refractivity contribution in [3.63, 3.8) is 0 Å². The molecule has 1 atom stereocenters. The van der Waals surface area contributed by atoms with Gasteiger partial charge in [0.1, 0.15) is 12.7 Å². The zero-order valence-corrected chi connectivity index (χ0v) is 8.83. The van der Waals surface area contributed by atoms with Gasteiger partial charge in [-0.25, -0.2) is 4.79 Å². The number of carbonyl (C=O) groups is 1. The fourth-order valence-corrected chi connectivity index (χ4v) is 1.14. The molecular weight excluding hydrogens is 184 g/mol. The lowest BCUT2D eigenvalue weighted by Gasteiger charge is -2.16. The first kappa shape index (κ1) is 11.2. The Hall–Kier alpha value is -0.870. The molecule has 1 fully saturated rings. The first-order valence-electron chi connectivity index (χ1n) is 4.55. The van der Waals surface area contributed by atoms with Gasteiger partial charge in [-0.05, 0) is 20.8 Å². The summed E-state index contributed by atoms with van der Waals surface area (Å²) >= 11 is 0. The van der Waals surface area contributed by atoms with E-state index in [1.54, 1.807) is 6.92 Å². The number of esters is 1. The number of ether oxygens (including phenoxy) is 3. The lowest BCUT2D eigenvalue weighted by Crippen LogP contribution is -2.25. The molecule has 0 aromatic heterocycles. The molecule has 0 radical (unpaired) electrons. The van der Waals surface area contributed by atoms with Gasteiger partial charge in [0.15, 0.2) is 5.79 Å². The highest BCUT2D eigenvalue weighted by Gasteiger charge is 2.33. The van der Waals surface area contributed by atoms with E-state index in [-0.39, 0.29) is 12.7 Å². The highest BCUT2D eigenvalue weighted by Crippen LogP contribution is 2.22. The molecule has 0 aromatic rings. The zero-order valence-electron chi connectivity index (χ0n) is 8.83. The molecule has 4 heteroatoms. The molecule has 0 aromatic carbocycles. The van der Waals surface area contributed by atoms with Crippen molar-refractivity contribution in [2.75, 3.05) is 13.2 Å². The summed E-state index contributed by atoms with van der Waals surface area (Å²) in [6.07, 6.45) is -0.173. The van der Waals surface area contributed by atoms with Gasteiger partial charge in [0.05, 0.1) is 6.61 Å². The first-order chi connectivity index (χ1) is 6.41. The van der Waals surface area contributed by atoms with Gasteiger partial charge in [-0.2, -0.15) is 0 Å². The Morgan fingerprint density at radius 2 is 2.29 bits per heavy atom. The maximum Gasteiger partial charge on any atom is 0.333 e. The minimum absolute atomic E-state index is 0.173. The Kier molecular flexibility index (Phi) is 3.29. The third-order valence-electron chi connectivity index (χ3n) is 1.82. The Balaban J connectivity index is 2.27. The van der Waals surface area contributed by atoms with Crippen LogP contribution in [0.5, 0.6) is 0 Å². The second kappa shape index (κ2) is 4.11. The smallest absolute Gasteiger partial charge is 0.333 e. The quantitative estimate of drug-likeness (QED) is 0.508. The van der Waals surface area contributed by atoms with Crippen LogP contribution < -0.4 is 0 Å². The molecule has 1 rings (SSSR count). The topological polar surface area (TPSA) is 44.8 Å². The summed E-state index contributed by atoms with van der Waals surface area (Å²) in [6, 6.07) is 0. The van der Waals surface area contributed by atoms with E-state index in [4.69, 9.17) is 14.2 Å². The molecular formula is C10H16O4. The van der Waals surface area contributed by atoms with Crippen molar-refractivity contribution >= 4 is 5.97 Å². The minimum atomic E-state index is -0.569. The molecule has 1 unspecified atom stereocenters.